The summed E-state index contributed by atoms with van der Waals surface area (Å²) in [5.41, 5.74) is 0. The zero-order valence-corrected chi connectivity index (χ0v) is 6.10. The third-order valence-electron chi connectivity index (χ3n) is 3.50. The Morgan fingerprint density at radius 2 is 2.09 bits per heavy atom. The number of ketones is 1. The van der Waals surface area contributed by atoms with Gasteiger partial charge in [-0.25, -0.2) is 0 Å². The van der Waals surface area contributed by atoms with E-state index in [1.807, 2.05) is 0 Å². The SMILES string of the molecule is O=C1[C@H]2[C@H]([C@@H]1O)[C@H]1C=C[C@@H]2C1. The lowest BCUT2D eigenvalue weighted by Crippen LogP contribution is -2.53. The third-order valence-corrected chi connectivity index (χ3v) is 3.50. The maximum Gasteiger partial charge on any atom is 0.165 e. The van der Waals surface area contributed by atoms with E-state index in [0.29, 0.717) is 11.8 Å². The minimum absolute atomic E-state index is 0.0897. The molecule has 0 amide bonds. The summed E-state index contributed by atoms with van der Waals surface area (Å²) < 4.78 is 0. The quantitative estimate of drug-likeness (QED) is 0.506. The van der Waals surface area contributed by atoms with Crippen LogP contribution in [0.25, 0.3) is 0 Å². The van der Waals surface area contributed by atoms with Gasteiger partial charge in [-0.15, -0.1) is 0 Å². The molecule has 0 saturated heterocycles. The highest BCUT2D eigenvalue weighted by Crippen LogP contribution is 2.55. The molecule has 0 heterocycles. The maximum atomic E-state index is 11.1. The molecule has 3 aliphatic carbocycles. The topological polar surface area (TPSA) is 37.3 Å². The molecule has 11 heavy (non-hydrogen) atoms. The molecule has 0 aromatic heterocycles. The number of rotatable bonds is 0. The second-order valence-corrected chi connectivity index (χ2v) is 3.90. The molecule has 2 heteroatoms. The number of allylic oxidation sites excluding steroid dienone is 2. The second-order valence-electron chi connectivity index (χ2n) is 3.90. The highest BCUT2D eigenvalue weighted by molar-refractivity contribution is 5.93. The summed E-state index contributed by atoms with van der Waals surface area (Å²) in [6.07, 6.45) is 4.80. The molecular formula is C9H10O2. The Balaban J connectivity index is 2.01. The summed E-state index contributed by atoms with van der Waals surface area (Å²) in [7, 11) is 0. The molecule has 5 atom stereocenters. The average Bonchev–Trinajstić information content (AvgIpc) is 2.58. The van der Waals surface area contributed by atoms with E-state index in [4.69, 9.17) is 0 Å². The zero-order valence-electron chi connectivity index (χ0n) is 6.10. The van der Waals surface area contributed by atoms with Gasteiger partial charge in [0.05, 0.1) is 0 Å². The molecular weight excluding hydrogens is 140 g/mol. The first-order valence-electron chi connectivity index (χ1n) is 4.19. The van der Waals surface area contributed by atoms with Gasteiger partial charge in [0.25, 0.3) is 0 Å². The summed E-state index contributed by atoms with van der Waals surface area (Å²) in [6.45, 7) is 0. The summed E-state index contributed by atoms with van der Waals surface area (Å²) in [5.74, 6) is 1.56. The van der Waals surface area contributed by atoms with Gasteiger partial charge in [0.1, 0.15) is 6.10 Å². The van der Waals surface area contributed by atoms with E-state index in [1.165, 1.54) is 0 Å². The van der Waals surface area contributed by atoms with Gasteiger partial charge in [0.15, 0.2) is 5.78 Å². The van der Waals surface area contributed by atoms with Crippen molar-refractivity contribution in [1.29, 1.82) is 0 Å². The molecule has 0 unspecified atom stereocenters. The first kappa shape index (κ1) is 5.95. The largest absolute Gasteiger partial charge is 0.385 e. The fourth-order valence-electron chi connectivity index (χ4n) is 2.96. The van der Waals surface area contributed by atoms with E-state index in [2.05, 4.69) is 12.2 Å². The van der Waals surface area contributed by atoms with Crippen LogP contribution in [0.1, 0.15) is 6.42 Å². The van der Waals surface area contributed by atoms with Crippen LogP contribution in [0.3, 0.4) is 0 Å². The normalized spacial score (nSPS) is 57.9. The predicted octanol–water partition coefficient (Wildman–Crippen LogP) is 0.368. The predicted molar refractivity (Wildman–Crippen MR) is 38.7 cm³/mol. The van der Waals surface area contributed by atoms with Crippen molar-refractivity contribution in [3.8, 4) is 0 Å². The van der Waals surface area contributed by atoms with E-state index < -0.39 is 6.10 Å². The van der Waals surface area contributed by atoms with Gasteiger partial charge in [-0.1, -0.05) is 12.2 Å². The fourth-order valence-corrected chi connectivity index (χ4v) is 2.96. The number of carbonyl (C=O) groups is 1. The number of fused-ring (bicyclic) bond motifs is 5. The standard InChI is InChI=1S/C9H10O2/c10-8-6-4-1-2-5(3-4)7(6)9(8)11/h1-2,4-8,10H,3H2/t4-,5+,6+,7+,8-/m0/s1. The van der Waals surface area contributed by atoms with Crippen molar-refractivity contribution in [2.75, 3.05) is 0 Å². The Morgan fingerprint density at radius 1 is 1.36 bits per heavy atom. The Labute approximate surface area is 64.9 Å². The van der Waals surface area contributed by atoms with Crippen LogP contribution in [0, 0.1) is 23.7 Å². The van der Waals surface area contributed by atoms with Gasteiger partial charge >= 0.3 is 0 Å². The lowest BCUT2D eigenvalue weighted by molar-refractivity contribution is -0.153. The molecule has 1 N–H and O–H groups in total. The van der Waals surface area contributed by atoms with E-state index in [-0.39, 0.29) is 17.6 Å². The van der Waals surface area contributed by atoms with Crippen molar-refractivity contribution in [1.82, 2.24) is 0 Å². The highest BCUT2D eigenvalue weighted by Gasteiger charge is 2.60. The number of hydrogen-bond acceptors (Lipinski definition) is 2. The van der Waals surface area contributed by atoms with Crippen molar-refractivity contribution in [3.63, 3.8) is 0 Å². The molecule has 0 radical (unpaired) electrons. The summed E-state index contributed by atoms with van der Waals surface area (Å²) in [6, 6.07) is 0. The van der Waals surface area contributed by atoms with Gasteiger partial charge in [0.2, 0.25) is 0 Å². The number of carbonyl (C=O) groups excluding carboxylic acids is 1. The third kappa shape index (κ3) is 0.486. The number of aliphatic hydroxyl groups excluding tert-OH is 1. The maximum absolute atomic E-state index is 11.1. The Bertz CT molecular complexity index is 256. The molecule has 2 fully saturated rings. The molecule has 0 spiro atoms. The van der Waals surface area contributed by atoms with E-state index in [1.54, 1.807) is 0 Å². The first-order valence-corrected chi connectivity index (χ1v) is 4.19. The van der Waals surface area contributed by atoms with Crippen LogP contribution in [0.4, 0.5) is 0 Å². The second kappa shape index (κ2) is 1.58. The summed E-state index contributed by atoms with van der Waals surface area (Å²) in [5, 5.41) is 9.33. The van der Waals surface area contributed by atoms with Crippen molar-refractivity contribution in [2.24, 2.45) is 23.7 Å². The molecule has 3 aliphatic rings. The Hall–Kier alpha value is -0.630. The Morgan fingerprint density at radius 3 is 2.82 bits per heavy atom. The van der Waals surface area contributed by atoms with Crippen molar-refractivity contribution < 1.29 is 9.90 Å². The molecule has 0 aromatic rings. The lowest BCUT2D eigenvalue weighted by atomic mass is 9.65. The molecule has 0 aromatic carbocycles. The minimum Gasteiger partial charge on any atom is -0.385 e. The first-order chi connectivity index (χ1) is 5.29. The number of aliphatic hydroxyl groups is 1. The van der Waals surface area contributed by atoms with E-state index in [9.17, 15) is 9.90 Å². The minimum atomic E-state index is -0.625. The van der Waals surface area contributed by atoms with Gasteiger partial charge < -0.3 is 5.11 Å². The van der Waals surface area contributed by atoms with Crippen molar-refractivity contribution in [2.45, 2.75) is 12.5 Å². The van der Waals surface area contributed by atoms with E-state index >= 15 is 0 Å². The van der Waals surface area contributed by atoms with Crippen LogP contribution in [0.15, 0.2) is 12.2 Å². The molecule has 58 valence electrons. The zero-order chi connectivity index (χ0) is 7.59. The molecule has 2 saturated carbocycles. The molecule has 2 nitrogen and oxygen atoms in total. The molecule has 0 aliphatic heterocycles. The summed E-state index contributed by atoms with van der Waals surface area (Å²) >= 11 is 0. The number of Topliss-reactive ketones (excluding diaryl/α,β-unsaturated/α-hetero) is 1. The van der Waals surface area contributed by atoms with Gasteiger partial charge in [0, 0.05) is 11.8 Å². The van der Waals surface area contributed by atoms with E-state index in [0.717, 1.165) is 6.42 Å². The lowest BCUT2D eigenvalue weighted by Gasteiger charge is -2.40. The van der Waals surface area contributed by atoms with Crippen LogP contribution in [0.2, 0.25) is 0 Å². The summed E-state index contributed by atoms with van der Waals surface area (Å²) in [4.78, 5) is 11.1. The Kier molecular flexibility index (Phi) is 0.856. The van der Waals surface area contributed by atoms with Crippen LogP contribution < -0.4 is 0 Å². The highest BCUT2D eigenvalue weighted by atomic mass is 16.3. The van der Waals surface area contributed by atoms with Gasteiger partial charge in [-0.05, 0) is 18.3 Å². The van der Waals surface area contributed by atoms with Crippen molar-refractivity contribution >= 4 is 5.78 Å². The van der Waals surface area contributed by atoms with Crippen LogP contribution in [0.5, 0.6) is 0 Å². The average molecular weight is 150 g/mol. The van der Waals surface area contributed by atoms with Gasteiger partial charge in [-0.2, -0.15) is 0 Å². The number of hydrogen-bond donors (Lipinski definition) is 1. The van der Waals surface area contributed by atoms with Crippen LogP contribution >= 0.6 is 0 Å². The fraction of sp³-hybridized carbons (Fsp3) is 0.667. The molecule has 3 rings (SSSR count). The van der Waals surface area contributed by atoms with Crippen LogP contribution in [-0.4, -0.2) is 17.0 Å². The smallest absolute Gasteiger partial charge is 0.165 e. The van der Waals surface area contributed by atoms with Crippen molar-refractivity contribution in [3.05, 3.63) is 12.2 Å². The monoisotopic (exact) mass is 150 g/mol. The van der Waals surface area contributed by atoms with Gasteiger partial charge in [-0.3, -0.25) is 4.79 Å². The van der Waals surface area contributed by atoms with Crippen LogP contribution in [-0.2, 0) is 4.79 Å². The molecule has 2 bridgehead atoms.